The first-order chi connectivity index (χ1) is 12.4. The largest absolute Gasteiger partial charge is 0.467 e. The molecule has 26 heavy (non-hydrogen) atoms. The van der Waals surface area contributed by atoms with Crippen molar-refractivity contribution in [2.24, 2.45) is 5.92 Å². The van der Waals surface area contributed by atoms with Crippen LogP contribution >= 0.6 is 0 Å². The highest BCUT2D eigenvalue weighted by Crippen LogP contribution is 2.28. The molecule has 1 heterocycles. The first-order valence-electron chi connectivity index (χ1n) is 8.70. The fourth-order valence-electron chi connectivity index (χ4n) is 3.32. The Kier molecular flexibility index (Phi) is 5.66. The first kappa shape index (κ1) is 18.5. The summed E-state index contributed by atoms with van der Waals surface area (Å²) in [6.45, 7) is 0.760. The van der Waals surface area contributed by atoms with E-state index in [-0.39, 0.29) is 17.6 Å². The van der Waals surface area contributed by atoms with Gasteiger partial charge in [-0.15, -0.1) is 0 Å². The van der Waals surface area contributed by atoms with Gasteiger partial charge in [-0.1, -0.05) is 25.0 Å². The predicted octanol–water partition coefficient (Wildman–Crippen LogP) is 3.34. The van der Waals surface area contributed by atoms with Crippen molar-refractivity contribution in [2.45, 2.75) is 38.8 Å². The second-order valence-corrected chi connectivity index (χ2v) is 8.26. The second-order valence-electron chi connectivity index (χ2n) is 6.69. The van der Waals surface area contributed by atoms with E-state index in [1.165, 1.54) is 0 Å². The third-order valence-corrected chi connectivity index (χ3v) is 4.96. The van der Waals surface area contributed by atoms with Crippen LogP contribution in [0, 0.1) is 5.92 Å². The molecule has 7 heteroatoms. The molecular weight excluding hydrogens is 354 g/mol. The minimum atomic E-state index is -3.59. The van der Waals surface area contributed by atoms with Crippen LogP contribution in [0.25, 0.3) is 0 Å². The first-order valence-corrected chi connectivity index (χ1v) is 10.5. The van der Waals surface area contributed by atoms with Crippen molar-refractivity contribution >= 4 is 16.0 Å². The molecule has 1 aliphatic carbocycles. The van der Waals surface area contributed by atoms with E-state index in [1.807, 2.05) is 12.1 Å². The van der Waals surface area contributed by atoms with Crippen LogP contribution in [0.5, 0.6) is 5.75 Å². The van der Waals surface area contributed by atoms with Gasteiger partial charge in [0.05, 0.1) is 19.1 Å². The van der Waals surface area contributed by atoms with E-state index in [0.29, 0.717) is 13.1 Å². The van der Waals surface area contributed by atoms with Crippen LogP contribution in [-0.4, -0.2) is 25.5 Å². The van der Waals surface area contributed by atoms with Crippen LogP contribution in [0.1, 0.15) is 37.0 Å². The van der Waals surface area contributed by atoms with Gasteiger partial charge in [0, 0.05) is 12.5 Å². The summed E-state index contributed by atoms with van der Waals surface area (Å²) in [6.07, 6.45) is 6.61. The normalized spacial score (nSPS) is 15.1. The Labute approximate surface area is 153 Å². The number of hydrogen-bond acceptors (Lipinski definition) is 5. The van der Waals surface area contributed by atoms with Gasteiger partial charge in [-0.05, 0) is 42.7 Å². The zero-order valence-electron chi connectivity index (χ0n) is 14.8. The van der Waals surface area contributed by atoms with E-state index in [0.717, 1.165) is 43.3 Å². The molecule has 2 aromatic rings. The quantitative estimate of drug-likeness (QED) is 0.692. The average Bonchev–Trinajstić information content (AvgIpc) is 3.26. The van der Waals surface area contributed by atoms with E-state index in [9.17, 15) is 13.2 Å². The van der Waals surface area contributed by atoms with Gasteiger partial charge < -0.3 is 13.5 Å². The topological polar surface area (TPSA) is 76.8 Å². The number of nitrogens with zero attached hydrogens (tertiary/aromatic N) is 1. The fraction of sp³-hybridized carbons (Fsp3) is 0.421. The molecule has 1 aliphatic rings. The van der Waals surface area contributed by atoms with E-state index >= 15 is 0 Å². The Hall–Kier alpha value is -2.28. The van der Waals surface area contributed by atoms with Crippen LogP contribution in [0.4, 0.5) is 0 Å². The molecule has 0 bridgehead atoms. The van der Waals surface area contributed by atoms with Crippen molar-refractivity contribution in [3.63, 3.8) is 0 Å². The SMILES string of the molecule is CS(=O)(=O)Oc1cccc(CN(Cc2ccco2)C(=O)C2CCCC2)c1. The van der Waals surface area contributed by atoms with E-state index in [1.54, 1.807) is 35.4 Å². The molecule has 1 saturated carbocycles. The standard InChI is InChI=1S/C19H23NO5S/c1-26(22,23)25-17-9-4-6-15(12-17)13-20(14-18-10-5-11-24-18)19(21)16-7-2-3-8-16/h4-6,9-12,16H,2-3,7-8,13-14H2,1H3. The van der Waals surface area contributed by atoms with Gasteiger partial charge in [0.15, 0.2) is 0 Å². The summed E-state index contributed by atoms with van der Waals surface area (Å²) in [5, 5.41) is 0. The molecular formula is C19H23NO5S. The van der Waals surface area contributed by atoms with Gasteiger partial charge >= 0.3 is 10.1 Å². The molecule has 1 fully saturated rings. The highest BCUT2D eigenvalue weighted by molar-refractivity contribution is 7.86. The van der Waals surface area contributed by atoms with E-state index < -0.39 is 10.1 Å². The summed E-state index contributed by atoms with van der Waals surface area (Å²) in [5.74, 6) is 1.14. The third-order valence-electron chi connectivity index (χ3n) is 4.46. The zero-order chi connectivity index (χ0) is 18.6. The molecule has 1 amide bonds. The smallest absolute Gasteiger partial charge is 0.306 e. The monoisotopic (exact) mass is 377 g/mol. The van der Waals surface area contributed by atoms with Crippen molar-refractivity contribution in [3.8, 4) is 5.75 Å². The molecule has 0 aliphatic heterocycles. The van der Waals surface area contributed by atoms with Crippen LogP contribution < -0.4 is 4.18 Å². The molecule has 3 rings (SSSR count). The van der Waals surface area contributed by atoms with Gasteiger partial charge in [0.25, 0.3) is 0 Å². The number of rotatable bonds is 7. The number of furan rings is 1. The average molecular weight is 377 g/mol. The number of benzene rings is 1. The van der Waals surface area contributed by atoms with Gasteiger partial charge in [0.1, 0.15) is 11.5 Å². The summed E-state index contributed by atoms with van der Waals surface area (Å²) in [4.78, 5) is 14.7. The summed E-state index contributed by atoms with van der Waals surface area (Å²) in [7, 11) is -3.59. The van der Waals surface area contributed by atoms with Crippen LogP contribution in [0.2, 0.25) is 0 Å². The summed E-state index contributed by atoms with van der Waals surface area (Å²) in [6, 6.07) is 10.5. The minimum Gasteiger partial charge on any atom is -0.467 e. The lowest BCUT2D eigenvalue weighted by Gasteiger charge is -2.25. The number of carbonyl (C=O) groups excluding carboxylic acids is 1. The summed E-state index contributed by atoms with van der Waals surface area (Å²) in [5.41, 5.74) is 0.809. The molecule has 0 atom stereocenters. The predicted molar refractivity (Wildman–Crippen MR) is 96.8 cm³/mol. The maximum atomic E-state index is 12.9. The van der Waals surface area contributed by atoms with Crippen molar-refractivity contribution in [2.75, 3.05) is 6.26 Å². The number of amides is 1. The number of carbonyl (C=O) groups is 1. The highest BCUT2D eigenvalue weighted by atomic mass is 32.2. The van der Waals surface area contributed by atoms with Gasteiger partial charge in [0.2, 0.25) is 5.91 Å². The highest BCUT2D eigenvalue weighted by Gasteiger charge is 2.28. The van der Waals surface area contributed by atoms with Crippen LogP contribution in [-0.2, 0) is 28.0 Å². The molecule has 1 aromatic carbocycles. The molecule has 1 aromatic heterocycles. The molecule has 6 nitrogen and oxygen atoms in total. The third kappa shape index (κ3) is 5.11. The van der Waals surface area contributed by atoms with Crippen molar-refractivity contribution in [1.29, 1.82) is 0 Å². The lowest BCUT2D eigenvalue weighted by Crippen LogP contribution is -2.34. The Morgan fingerprint density at radius 2 is 1.96 bits per heavy atom. The van der Waals surface area contributed by atoms with Crippen molar-refractivity contribution in [3.05, 3.63) is 54.0 Å². The van der Waals surface area contributed by atoms with E-state index in [4.69, 9.17) is 8.60 Å². The Bertz CT molecular complexity index is 839. The lowest BCUT2D eigenvalue weighted by molar-refractivity contribution is -0.136. The van der Waals surface area contributed by atoms with Crippen molar-refractivity contribution in [1.82, 2.24) is 4.90 Å². The minimum absolute atomic E-state index is 0.0559. The molecule has 0 spiro atoms. The molecule has 0 saturated heterocycles. The Morgan fingerprint density at radius 3 is 2.62 bits per heavy atom. The molecule has 0 N–H and O–H groups in total. The fourth-order valence-corrected chi connectivity index (χ4v) is 3.78. The lowest BCUT2D eigenvalue weighted by atomic mass is 10.1. The van der Waals surface area contributed by atoms with Crippen molar-refractivity contribution < 1.29 is 21.8 Å². The van der Waals surface area contributed by atoms with Gasteiger partial charge in [-0.2, -0.15) is 8.42 Å². The molecule has 0 unspecified atom stereocenters. The maximum absolute atomic E-state index is 12.9. The van der Waals surface area contributed by atoms with Crippen LogP contribution in [0.3, 0.4) is 0 Å². The molecule has 0 radical (unpaired) electrons. The zero-order valence-corrected chi connectivity index (χ0v) is 15.6. The Balaban J connectivity index is 1.78. The summed E-state index contributed by atoms with van der Waals surface area (Å²) >= 11 is 0. The van der Waals surface area contributed by atoms with Crippen LogP contribution in [0.15, 0.2) is 47.1 Å². The number of hydrogen-bond donors (Lipinski definition) is 0. The Morgan fingerprint density at radius 1 is 1.19 bits per heavy atom. The van der Waals surface area contributed by atoms with E-state index in [2.05, 4.69) is 0 Å². The van der Waals surface area contributed by atoms with Gasteiger partial charge in [-0.25, -0.2) is 0 Å². The summed E-state index contributed by atoms with van der Waals surface area (Å²) < 4.78 is 33.0. The van der Waals surface area contributed by atoms with Gasteiger partial charge in [-0.3, -0.25) is 4.79 Å². The molecule has 140 valence electrons. The maximum Gasteiger partial charge on any atom is 0.306 e. The second kappa shape index (κ2) is 7.95.